The number of carboxylic acid groups (broad SMARTS) is 1. The van der Waals surface area contributed by atoms with E-state index in [9.17, 15) is 9.59 Å². The molecule has 0 aromatic rings. The van der Waals surface area contributed by atoms with Gasteiger partial charge in [0.2, 0.25) is 0 Å². The fourth-order valence-corrected chi connectivity index (χ4v) is 1.08. The van der Waals surface area contributed by atoms with Crippen LogP contribution in [0.25, 0.3) is 0 Å². The summed E-state index contributed by atoms with van der Waals surface area (Å²) < 4.78 is 4.96. The van der Waals surface area contributed by atoms with Crippen LogP contribution in [-0.4, -0.2) is 29.6 Å². The summed E-state index contributed by atoms with van der Waals surface area (Å²) in [5.74, 6) is -1.47. The average molecular weight is 158 g/mol. The molecule has 0 radical (unpaired) electrons. The van der Waals surface area contributed by atoms with Crippen molar-refractivity contribution in [3.8, 4) is 0 Å². The van der Waals surface area contributed by atoms with Gasteiger partial charge in [-0.1, -0.05) is 0 Å². The largest absolute Gasteiger partial charge is 0.481 e. The second kappa shape index (κ2) is 3.00. The van der Waals surface area contributed by atoms with Crippen LogP contribution < -0.4 is 0 Å². The van der Waals surface area contributed by atoms with Gasteiger partial charge in [0.05, 0.1) is 12.5 Å². The molecule has 4 heteroatoms. The summed E-state index contributed by atoms with van der Waals surface area (Å²) in [6, 6.07) is 0. The first-order valence-electron chi connectivity index (χ1n) is 3.46. The Morgan fingerprint density at radius 1 is 1.55 bits per heavy atom. The van der Waals surface area contributed by atoms with Gasteiger partial charge in [0, 0.05) is 0 Å². The molecule has 0 aromatic heterocycles. The van der Waals surface area contributed by atoms with Gasteiger partial charge in [-0.05, 0) is 13.3 Å². The molecule has 0 amide bonds. The van der Waals surface area contributed by atoms with Gasteiger partial charge < -0.3 is 9.84 Å². The molecular weight excluding hydrogens is 148 g/mol. The molecule has 62 valence electrons. The molecule has 1 aliphatic rings. The van der Waals surface area contributed by atoms with Crippen molar-refractivity contribution in [1.29, 1.82) is 0 Å². The maximum absolute atomic E-state index is 10.7. The second-order valence-electron chi connectivity index (χ2n) is 2.70. The summed E-state index contributed by atoms with van der Waals surface area (Å²) in [6.45, 7) is 1.58. The van der Waals surface area contributed by atoms with Gasteiger partial charge in [0.1, 0.15) is 6.10 Å². The Morgan fingerprint density at radius 2 is 2.18 bits per heavy atom. The monoisotopic (exact) mass is 158 g/mol. The Labute approximate surface area is 64.2 Å². The van der Waals surface area contributed by atoms with Gasteiger partial charge >= 0.3 is 5.97 Å². The van der Waals surface area contributed by atoms with Crippen LogP contribution in [0, 0.1) is 5.92 Å². The zero-order valence-corrected chi connectivity index (χ0v) is 6.24. The fourth-order valence-electron chi connectivity index (χ4n) is 1.08. The van der Waals surface area contributed by atoms with Crippen molar-refractivity contribution in [1.82, 2.24) is 0 Å². The lowest BCUT2D eigenvalue weighted by molar-refractivity contribution is -0.141. The minimum atomic E-state index is -0.881. The first kappa shape index (κ1) is 8.20. The van der Waals surface area contributed by atoms with E-state index in [4.69, 9.17) is 9.84 Å². The predicted octanol–water partition coefficient (Wildman–Crippen LogP) is 0.0651. The Bertz CT molecular complexity index is 167. The third-order valence-corrected chi connectivity index (χ3v) is 1.80. The minimum Gasteiger partial charge on any atom is -0.481 e. The van der Waals surface area contributed by atoms with E-state index < -0.39 is 18.0 Å². The van der Waals surface area contributed by atoms with Gasteiger partial charge in [-0.2, -0.15) is 0 Å². The van der Waals surface area contributed by atoms with Crippen molar-refractivity contribution in [2.45, 2.75) is 19.4 Å². The predicted molar refractivity (Wildman–Crippen MR) is 36.2 cm³/mol. The van der Waals surface area contributed by atoms with Crippen molar-refractivity contribution in [3.05, 3.63) is 0 Å². The van der Waals surface area contributed by atoms with E-state index in [1.807, 2.05) is 0 Å². The zero-order valence-electron chi connectivity index (χ0n) is 6.24. The van der Waals surface area contributed by atoms with E-state index in [0.717, 1.165) is 0 Å². The molecule has 1 rings (SSSR count). The fraction of sp³-hybridized carbons (Fsp3) is 0.714. The smallest absolute Gasteiger partial charge is 0.308 e. The highest BCUT2D eigenvalue weighted by molar-refractivity contribution is 5.82. The molecule has 2 atom stereocenters. The van der Waals surface area contributed by atoms with Crippen molar-refractivity contribution in [2.24, 2.45) is 5.92 Å². The number of rotatable bonds is 2. The Balaban J connectivity index is 2.47. The van der Waals surface area contributed by atoms with Crippen LogP contribution >= 0.6 is 0 Å². The second-order valence-corrected chi connectivity index (χ2v) is 2.70. The highest BCUT2D eigenvalue weighted by Crippen LogP contribution is 2.19. The number of Topliss-reactive ketones (excluding diaryl/α,β-unsaturated/α-hetero) is 1. The maximum Gasteiger partial charge on any atom is 0.308 e. The highest BCUT2D eigenvalue weighted by atomic mass is 16.5. The van der Waals surface area contributed by atoms with Gasteiger partial charge in [-0.25, -0.2) is 0 Å². The molecule has 0 unspecified atom stereocenters. The quantitative estimate of drug-likeness (QED) is 0.617. The van der Waals surface area contributed by atoms with Crippen LogP contribution in [0.3, 0.4) is 0 Å². The zero-order chi connectivity index (χ0) is 8.43. The molecule has 1 aliphatic heterocycles. The average Bonchev–Trinajstić information content (AvgIpc) is 2.33. The van der Waals surface area contributed by atoms with Crippen molar-refractivity contribution in [2.75, 3.05) is 6.61 Å². The Kier molecular flexibility index (Phi) is 2.24. The number of carboxylic acids is 1. The number of carbonyl (C=O) groups is 2. The standard InChI is InChI=1S/C7H10O4/c1-4(8)6-2-5(3-11-6)7(9)10/h5-6H,2-3H2,1H3,(H,9,10)/t5-,6+/m0/s1. The summed E-state index contributed by atoms with van der Waals surface area (Å²) >= 11 is 0. The van der Waals surface area contributed by atoms with Crippen molar-refractivity contribution in [3.63, 3.8) is 0 Å². The van der Waals surface area contributed by atoms with Crippen LogP contribution in [0.4, 0.5) is 0 Å². The van der Waals surface area contributed by atoms with E-state index in [-0.39, 0.29) is 12.4 Å². The van der Waals surface area contributed by atoms with Crippen LogP contribution in [0.5, 0.6) is 0 Å². The third kappa shape index (κ3) is 1.77. The van der Waals surface area contributed by atoms with E-state index in [0.29, 0.717) is 6.42 Å². The number of ketones is 1. The van der Waals surface area contributed by atoms with Gasteiger partial charge in [-0.15, -0.1) is 0 Å². The number of ether oxygens (including phenoxy) is 1. The van der Waals surface area contributed by atoms with Crippen LogP contribution in [-0.2, 0) is 14.3 Å². The molecule has 0 spiro atoms. The normalized spacial score (nSPS) is 30.3. The van der Waals surface area contributed by atoms with Gasteiger partial charge in [0.15, 0.2) is 5.78 Å². The lowest BCUT2D eigenvalue weighted by Gasteiger charge is -2.01. The summed E-state index contributed by atoms with van der Waals surface area (Å²) in [4.78, 5) is 21.1. The summed E-state index contributed by atoms with van der Waals surface area (Å²) in [5.41, 5.74) is 0. The summed E-state index contributed by atoms with van der Waals surface area (Å²) in [5, 5.41) is 8.52. The lowest BCUT2D eigenvalue weighted by Crippen LogP contribution is -2.17. The van der Waals surface area contributed by atoms with Crippen LogP contribution in [0.15, 0.2) is 0 Å². The molecule has 1 saturated heterocycles. The van der Waals surface area contributed by atoms with E-state index in [2.05, 4.69) is 0 Å². The number of carbonyl (C=O) groups excluding carboxylic acids is 1. The molecule has 11 heavy (non-hydrogen) atoms. The van der Waals surface area contributed by atoms with Gasteiger partial charge in [-0.3, -0.25) is 9.59 Å². The van der Waals surface area contributed by atoms with E-state index >= 15 is 0 Å². The van der Waals surface area contributed by atoms with E-state index in [1.165, 1.54) is 6.92 Å². The minimum absolute atomic E-state index is 0.0891. The molecular formula is C7H10O4. The molecule has 1 fully saturated rings. The Morgan fingerprint density at radius 3 is 2.45 bits per heavy atom. The first-order valence-corrected chi connectivity index (χ1v) is 3.46. The summed E-state index contributed by atoms with van der Waals surface area (Å²) in [7, 11) is 0. The molecule has 1 N–H and O–H groups in total. The topological polar surface area (TPSA) is 63.6 Å². The van der Waals surface area contributed by atoms with Crippen LogP contribution in [0.1, 0.15) is 13.3 Å². The number of hydrogen-bond donors (Lipinski definition) is 1. The summed E-state index contributed by atoms with van der Waals surface area (Å²) in [6.07, 6.45) is -0.166. The van der Waals surface area contributed by atoms with Crippen molar-refractivity contribution < 1.29 is 19.4 Å². The highest BCUT2D eigenvalue weighted by Gasteiger charge is 2.32. The third-order valence-electron chi connectivity index (χ3n) is 1.80. The molecule has 0 aliphatic carbocycles. The molecule has 4 nitrogen and oxygen atoms in total. The lowest BCUT2D eigenvalue weighted by atomic mass is 10.0. The first-order chi connectivity index (χ1) is 5.11. The van der Waals surface area contributed by atoms with Crippen LogP contribution in [0.2, 0.25) is 0 Å². The number of hydrogen-bond acceptors (Lipinski definition) is 3. The maximum atomic E-state index is 10.7. The van der Waals surface area contributed by atoms with Crippen molar-refractivity contribution >= 4 is 11.8 Å². The van der Waals surface area contributed by atoms with E-state index in [1.54, 1.807) is 0 Å². The van der Waals surface area contributed by atoms with Gasteiger partial charge in [0.25, 0.3) is 0 Å². The molecule has 0 saturated carbocycles. The SMILES string of the molecule is CC(=O)[C@H]1C[C@H](C(=O)O)CO1. The number of aliphatic carboxylic acids is 1. The molecule has 1 heterocycles. The molecule has 0 bridgehead atoms. The Hall–Kier alpha value is -0.900. The molecule has 0 aromatic carbocycles.